The lowest BCUT2D eigenvalue weighted by Gasteiger charge is -2.21. The predicted octanol–water partition coefficient (Wildman–Crippen LogP) is 3.11. The van der Waals surface area contributed by atoms with Crippen molar-refractivity contribution in [1.29, 1.82) is 0 Å². The molecule has 1 unspecified atom stereocenters. The van der Waals surface area contributed by atoms with Crippen molar-refractivity contribution in [2.24, 2.45) is 0 Å². The minimum Gasteiger partial charge on any atom is -0.491 e. The molecule has 0 bridgehead atoms. The summed E-state index contributed by atoms with van der Waals surface area (Å²) in [6.07, 6.45) is 0. The van der Waals surface area contributed by atoms with Crippen molar-refractivity contribution >= 4 is 39.9 Å². The first kappa shape index (κ1) is 10.7. The van der Waals surface area contributed by atoms with Crippen LogP contribution in [0.2, 0.25) is 0 Å². The van der Waals surface area contributed by atoms with Gasteiger partial charge in [0.05, 0.1) is 6.61 Å². The van der Waals surface area contributed by atoms with Crippen LogP contribution < -0.4 is 0 Å². The largest absolute Gasteiger partial charge is 0.491 e. The van der Waals surface area contributed by atoms with Gasteiger partial charge in [-0.15, -0.1) is 0 Å². The number of alkyl halides is 1. The fraction of sp³-hybridized carbons (Fsp3) is 0.600. The molecule has 0 saturated carbocycles. The quantitative estimate of drug-likeness (QED) is 0.530. The molecule has 1 aliphatic heterocycles. The molecule has 7 heteroatoms. The number of hydrogen-bond donors (Lipinski definition) is 0. The van der Waals surface area contributed by atoms with Crippen LogP contribution in [0.25, 0.3) is 0 Å². The molecule has 0 aliphatic carbocycles. The lowest BCUT2D eigenvalue weighted by Crippen LogP contribution is -2.21. The summed E-state index contributed by atoms with van der Waals surface area (Å²) in [7, 11) is 0. The molecule has 3 nitrogen and oxygen atoms in total. The van der Waals surface area contributed by atoms with Crippen LogP contribution in [-0.4, -0.2) is 18.8 Å². The van der Waals surface area contributed by atoms with Crippen molar-refractivity contribution in [3.63, 3.8) is 0 Å². The summed E-state index contributed by atoms with van der Waals surface area (Å²) in [4.78, 5) is 0. The Morgan fingerprint density at radius 3 is 2.67 bits per heavy atom. The molecule has 1 fully saturated rings. The van der Waals surface area contributed by atoms with E-state index in [1.165, 1.54) is 0 Å². The van der Waals surface area contributed by atoms with E-state index in [0.717, 1.165) is 5.82 Å². The molecule has 70 valence electrons. The standard InChI is InChI=1S/C5H6Cl3O3P/c6-5-4(3-12(7,8)9)10-1-2-11-5/h3,5H,1-2H2. The van der Waals surface area contributed by atoms with E-state index in [1.807, 2.05) is 0 Å². The third-order valence-corrected chi connectivity index (χ3v) is 2.60. The fourth-order valence-electron chi connectivity index (χ4n) is 0.703. The minimum absolute atomic E-state index is 0.219. The van der Waals surface area contributed by atoms with Crippen LogP contribution in [0.4, 0.5) is 0 Å². The van der Waals surface area contributed by atoms with E-state index >= 15 is 0 Å². The van der Waals surface area contributed by atoms with Crippen molar-refractivity contribution < 1.29 is 14.0 Å². The Morgan fingerprint density at radius 1 is 1.50 bits per heavy atom. The molecule has 1 saturated heterocycles. The molecule has 12 heavy (non-hydrogen) atoms. The van der Waals surface area contributed by atoms with Crippen LogP contribution in [0.5, 0.6) is 0 Å². The molecule has 1 rings (SSSR count). The van der Waals surface area contributed by atoms with Gasteiger partial charge >= 0.3 is 0 Å². The molecule has 0 aromatic rings. The minimum atomic E-state index is -3.28. The second-order valence-electron chi connectivity index (χ2n) is 2.07. The van der Waals surface area contributed by atoms with Crippen LogP contribution in [0.3, 0.4) is 0 Å². The van der Waals surface area contributed by atoms with Gasteiger partial charge in [0.2, 0.25) is 0 Å². The van der Waals surface area contributed by atoms with Crippen molar-refractivity contribution in [3.8, 4) is 0 Å². The van der Waals surface area contributed by atoms with E-state index in [2.05, 4.69) is 0 Å². The van der Waals surface area contributed by atoms with Crippen LogP contribution in [0.15, 0.2) is 11.6 Å². The van der Waals surface area contributed by atoms with Crippen molar-refractivity contribution in [2.45, 2.75) is 5.56 Å². The third kappa shape index (κ3) is 3.55. The summed E-state index contributed by atoms with van der Waals surface area (Å²) in [5.74, 6) is -1.97. The summed E-state index contributed by atoms with van der Waals surface area (Å²) < 4.78 is 20.9. The Kier molecular flexibility index (Phi) is 3.74. The molecule has 0 amide bonds. The van der Waals surface area contributed by atoms with Crippen molar-refractivity contribution in [2.75, 3.05) is 13.2 Å². The summed E-state index contributed by atoms with van der Waals surface area (Å²) in [5, 5.41) is 0. The van der Waals surface area contributed by atoms with Gasteiger partial charge in [0.25, 0.3) is 5.85 Å². The molecule has 0 spiro atoms. The highest BCUT2D eigenvalue weighted by molar-refractivity contribution is 8.10. The first-order valence-electron chi connectivity index (χ1n) is 3.09. The molecule has 1 aliphatic rings. The lowest BCUT2D eigenvalue weighted by atomic mass is 10.5. The zero-order valence-corrected chi connectivity index (χ0v) is 9.04. The topological polar surface area (TPSA) is 35.5 Å². The van der Waals surface area contributed by atoms with E-state index < -0.39 is 11.4 Å². The van der Waals surface area contributed by atoms with Gasteiger partial charge in [-0.25, -0.2) is 0 Å². The van der Waals surface area contributed by atoms with Gasteiger partial charge in [0.1, 0.15) is 12.4 Å². The first-order valence-corrected chi connectivity index (χ1v) is 7.11. The van der Waals surface area contributed by atoms with E-state index in [0.29, 0.717) is 13.2 Å². The monoisotopic (exact) mass is 250 g/mol. The second kappa shape index (κ2) is 4.21. The number of rotatable bonds is 1. The van der Waals surface area contributed by atoms with Gasteiger partial charge < -0.3 is 9.47 Å². The van der Waals surface area contributed by atoms with Gasteiger partial charge in [-0.3, -0.25) is 4.57 Å². The second-order valence-corrected chi connectivity index (χ2v) is 7.26. The number of ether oxygens (including phenoxy) is 2. The van der Waals surface area contributed by atoms with Gasteiger partial charge in [0.15, 0.2) is 5.56 Å². The van der Waals surface area contributed by atoms with Gasteiger partial charge in [0, 0.05) is 5.82 Å². The molecule has 0 aromatic carbocycles. The smallest absolute Gasteiger partial charge is 0.278 e. The maximum absolute atomic E-state index is 10.9. The molecular weight excluding hydrogens is 245 g/mol. The Morgan fingerprint density at radius 2 is 2.17 bits per heavy atom. The zero-order chi connectivity index (χ0) is 9.19. The van der Waals surface area contributed by atoms with Crippen LogP contribution >= 0.6 is 39.9 Å². The Hall–Kier alpha value is 0.600. The zero-order valence-electron chi connectivity index (χ0n) is 5.87. The predicted molar refractivity (Wildman–Crippen MR) is 48.9 cm³/mol. The molecular formula is C5H6Cl3O3P. The van der Waals surface area contributed by atoms with E-state index in [1.54, 1.807) is 0 Å². The molecule has 1 atom stereocenters. The van der Waals surface area contributed by atoms with Gasteiger partial charge in [-0.2, -0.15) is 0 Å². The van der Waals surface area contributed by atoms with Crippen LogP contribution in [0, 0.1) is 0 Å². The first-order chi connectivity index (χ1) is 5.49. The van der Waals surface area contributed by atoms with E-state index in [9.17, 15) is 4.57 Å². The highest BCUT2D eigenvalue weighted by Gasteiger charge is 2.22. The fourth-order valence-corrected chi connectivity index (χ4v) is 2.09. The summed E-state index contributed by atoms with van der Waals surface area (Å²) >= 11 is 16.2. The molecule has 0 aromatic heterocycles. The van der Waals surface area contributed by atoms with Crippen LogP contribution in [0.1, 0.15) is 0 Å². The highest BCUT2D eigenvalue weighted by Crippen LogP contribution is 2.59. The van der Waals surface area contributed by atoms with Crippen molar-refractivity contribution in [1.82, 2.24) is 0 Å². The summed E-state index contributed by atoms with van der Waals surface area (Å²) in [5.41, 5.74) is -0.746. The molecule has 0 radical (unpaired) electrons. The average molecular weight is 251 g/mol. The van der Waals surface area contributed by atoms with Gasteiger partial charge in [-0.05, 0) is 22.5 Å². The lowest BCUT2D eigenvalue weighted by molar-refractivity contribution is -0.00596. The van der Waals surface area contributed by atoms with E-state index in [-0.39, 0.29) is 5.76 Å². The summed E-state index contributed by atoms with van der Waals surface area (Å²) in [6, 6.07) is 0. The maximum Gasteiger partial charge on any atom is 0.278 e. The average Bonchev–Trinajstić information content (AvgIpc) is 1.91. The number of halogens is 3. The Labute approximate surface area is 84.5 Å². The Bertz CT molecular complexity index is 236. The molecule has 1 heterocycles. The van der Waals surface area contributed by atoms with Crippen LogP contribution in [-0.2, 0) is 14.0 Å². The van der Waals surface area contributed by atoms with E-state index in [4.69, 9.17) is 43.6 Å². The Balaban J connectivity index is 2.72. The van der Waals surface area contributed by atoms with Crippen molar-refractivity contribution in [3.05, 3.63) is 11.6 Å². The SMILES string of the molecule is O=P(Cl)(Cl)C=C1OCCOC1Cl. The normalized spacial score (nSPS) is 28.6. The third-order valence-electron chi connectivity index (χ3n) is 1.12. The maximum atomic E-state index is 10.9. The number of hydrogen-bond acceptors (Lipinski definition) is 3. The summed E-state index contributed by atoms with van der Waals surface area (Å²) in [6.45, 7) is 0.767. The van der Waals surface area contributed by atoms with Gasteiger partial charge in [-0.1, -0.05) is 11.6 Å². The molecule has 0 N–H and O–H groups in total. The highest BCUT2D eigenvalue weighted by atomic mass is 35.9.